The van der Waals surface area contributed by atoms with Gasteiger partial charge in [-0.05, 0) is 42.8 Å². The summed E-state index contributed by atoms with van der Waals surface area (Å²) in [5, 5.41) is 5.67. The number of fused-ring (bicyclic) bond motifs is 1. The van der Waals surface area contributed by atoms with Crippen LogP contribution in [0.15, 0.2) is 47.4 Å². The van der Waals surface area contributed by atoms with Crippen molar-refractivity contribution in [2.75, 3.05) is 23.5 Å². The van der Waals surface area contributed by atoms with E-state index in [0.717, 1.165) is 11.8 Å². The van der Waals surface area contributed by atoms with Gasteiger partial charge < -0.3 is 10.1 Å². The van der Waals surface area contributed by atoms with Crippen LogP contribution in [0.3, 0.4) is 0 Å². The third-order valence-electron chi connectivity index (χ3n) is 3.87. The summed E-state index contributed by atoms with van der Waals surface area (Å²) < 4.78 is 28.9. The highest BCUT2D eigenvalue weighted by atomic mass is 32.2. The zero-order valence-corrected chi connectivity index (χ0v) is 17.4. The Bertz CT molecular complexity index is 1150. The van der Waals surface area contributed by atoms with E-state index in [9.17, 15) is 18.0 Å². The molecule has 29 heavy (non-hydrogen) atoms. The first-order valence-corrected chi connectivity index (χ1v) is 11.4. The number of carbonyl (C=O) groups is 2. The number of hydrogen-bond donors (Lipinski definition) is 2. The van der Waals surface area contributed by atoms with Crippen molar-refractivity contribution < 1.29 is 22.7 Å². The molecule has 0 aliphatic heterocycles. The van der Waals surface area contributed by atoms with Crippen molar-refractivity contribution in [3.8, 4) is 0 Å². The Morgan fingerprint density at radius 1 is 1.10 bits per heavy atom. The minimum absolute atomic E-state index is 0.168. The lowest BCUT2D eigenvalue weighted by atomic mass is 10.1. The number of anilines is 2. The molecule has 0 aliphatic carbocycles. The number of urea groups is 1. The Hall–Kier alpha value is -2.98. The largest absolute Gasteiger partial charge is 0.466 e. The summed E-state index contributed by atoms with van der Waals surface area (Å²) >= 11 is 1.18. The highest BCUT2D eigenvalue weighted by Crippen LogP contribution is 2.28. The van der Waals surface area contributed by atoms with Gasteiger partial charge in [0.05, 0.1) is 28.1 Å². The summed E-state index contributed by atoms with van der Waals surface area (Å²) in [5.41, 5.74) is 1.93. The molecule has 0 saturated carbocycles. The predicted molar refractivity (Wildman–Crippen MR) is 112 cm³/mol. The van der Waals surface area contributed by atoms with E-state index < -0.39 is 15.9 Å². The molecule has 0 unspecified atom stereocenters. The predicted octanol–water partition coefficient (Wildman–Crippen LogP) is 3.45. The summed E-state index contributed by atoms with van der Waals surface area (Å²) in [6, 6.07) is 11.0. The quantitative estimate of drug-likeness (QED) is 0.576. The third-order valence-corrected chi connectivity index (χ3v) is 5.92. The molecule has 2 aromatic carbocycles. The molecule has 0 spiro atoms. The Labute approximate surface area is 171 Å². The van der Waals surface area contributed by atoms with Gasteiger partial charge in [-0.3, -0.25) is 10.1 Å². The highest BCUT2D eigenvalue weighted by molar-refractivity contribution is 7.90. The Balaban J connectivity index is 1.64. The lowest BCUT2D eigenvalue weighted by Gasteiger charge is -2.06. The first-order valence-electron chi connectivity index (χ1n) is 8.68. The summed E-state index contributed by atoms with van der Waals surface area (Å²) in [6.45, 7) is 2.08. The third kappa shape index (κ3) is 5.52. The van der Waals surface area contributed by atoms with Crippen LogP contribution in [0.2, 0.25) is 0 Å². The van der Waals surface area contributed by atoms with E-state index in [-0.39, 0.29) is 17.3 Å². The number of aromatic nitrogens is 1. The average molecular weight is 434 g/mol. The number of ether oxygens (including phenoxy) is 1. The molecule has 1 heterocycles. The molecule has 0 radical (unpaired) electrons. The number of rotatable bonds is 6. The van der Waals surface area contributed by atoms with Crippen LogP contribution < -0.4 is 10.6 Å². The van der Waals surface area contributed by atoms with Crippen LogP contribution in [0.5, 0.6) is 0 Å². The first-order chi connectivity index (χ1) is 13.7. The molecule has 3 rings (SSSR count). The van der Waals surface area contributed by atoms with Gasteiger partial charge in [0, 0.05) is 11.9 Å². The molecule has 0 atom stereocenters. The second kappa shape index (κ2) is 8.58. The van der Waals surface area contributed by atoms with Crippen LogP contribution in [0.25, 0.3) is 10.2 Å². The Morgan fingerprint density at radius 3 is 2.48 bits per heavy atom. The van der Waals surface area contributed by atoms with Gasteiger partial charge in [-0.1, -0.05) is 23.5 Å². The standard InChI is InChI=1S/C19H19N3O5S2/c1-3-27-17(23)10-12-4-6-13(7-5-12)20-18(24)22-19-21-15-9-8-14(29(2,25)26)11-16(15)28-19/h4-9,11H,3,10H2,1-2H3,(H2,20,21,22,24). The van der Waals surface area contributed by atoms with Gasteiger partial charge in [0.15, 0.2) is 15.0 Å². The minimum Gasteiger partial charge on any atom is -0.466 e. The van der Waals surface area contributed by atoms with E-state index in [4.69, 9.17) is 4.74 Å². The van der Waals surface area contributed by atoms with Crippen LogP contribution >= 0.6 is 11.3 Å². The summed E-state index contributed by atoms with van der Waals surface area (Å²) in [5.74, 6) is -0.305. The molecule has 0 saturated heterocycles. The number of nitrogens with zero attached hydrogens (tertiary/aromatic N) is 1. The molecule has 8 nitrogen and oxygen atoms in total. The first kappa shape index (κ1) is 20.7. The van der Waals surface area contributed by atoms with Gasteiger partial charge in [-0.15, -0.1) is 0 Å². The van der Waals surface area contributed by atoms with Gasteiger partial charge in [-0.25, -0.2) is 18.2 Å². The van der Waals surface area contributed by atoms with Crippen molar-refractivity contribution in [2.24, 2.45) is 0 Å². The van der Waals surface area contributed by atoms with Crippen molar-refractivity contribution in [1.29, 1.82) is 0 Å². The van der Waals surface area contributed by atoms with Crippen LogP contribution in [0.4, 0.5) is 15.6 Å². The smallest absolute Gasteiger partial charge is 0.325 e. The molecule has 2 N–H and O–H groups in total. The number of thiazole rings is 1. The normalized spacial score (nSPS) is 11.2. The minimum atomic E-state index is -3.31. The number of amides is 2. The molecular weight excluding hydrogens is 414 g/mol. The molecule has 0 fully saturated rings. The lowest BCUT2D eigenvalue weighted by Crippen LogP contribution is -2.19. The average Bonchev–Trinajstić information content (AvgIpc) is 3.04. The van der Waals surface area contributed by atoms with Crippen molar-refractivity contribution in [2.45, 2.75) is 18.2 Å². The molecule has 152 valence electrons. The van der Waals surface area contributed by atoms with Crippen molar-refractivity contribution in [1.82, 2.24) is 4.98 Å². The maximum atomic E-state index is 12.2. The second-order valence-corrected chi connectivity index (χ2v) is 9.22. The SMILES string of the molecule is CCOC(=O)Cc1ccc(NC(=O)Nc2nc3ccc(S(C)(=O)=O)cc3s2)cc1. The summed E-state index contributed by atoms with van der Waals surface area (Å²) in [4.78, 5) is 28.2. The number of benzene rings is 2. The van der Waals surface area contributed by atoms with E-state index in [2.05, 4.69) is 15.6 Å². The van der Waals surface area contributed by atoms with Gasteiger partial charge in [-0.2, -0.15) is 0 Å². The Morgan fingerprint density at radius 2 is 1.83 bits per heavy atom. The van der Waals surface area contributed by atoms with Crippen LogP contribution in [-0.2, 0) is 25.8 Å². The molecule has 1 aromatic heterocycles. The zero-order chi connectivity index (χ0) is 21.0. The Kier molecular flexibility index (Phi) is 6.14. The van der Waals surface area contributed by atoms with Crippen LogP contribution in [-0.4, -0.2) is 38.3 Å². The number of hydrogen-bond acceptors (Lipinski definition) is 7. The van der Waals surface area contributed by atoms with Crippen molar-refractivity contribution in [3.05, 3.63) is 48.0 Å². The zero-order valence-electron chi connectivity index (χ0n) is 15.8. The molecule has 10 heteroatoms. The fourth-order valence-electron chi connectivity index (χ4n) is 2.53. The molecule has 0 aliphatic rings. The number of nitrogens with one attached hydrogen (secondary N) is 2. The molecular formula is C19H19N3O5S2. The van der Waals surface area contributed by atoms with Crippen LogP contribution in [0.1, 0.15) is 12.5 Å². The number of esters is 1. The maximum absolute atomic E-state index is 12.2. The number of sulfone groups is 1. The summed E-state index contributed by atoms with van der Waals surface area (Å²) in [6.07, 6.45) is 1.31. The van der Waals surface area contributed by atoms with E-state index in [1.54, 1.807) is 37.3 Å². The highest BCUT2D eigenvalue weighted by Gasteiger charge is 2.12. The van der Waals surface area contributed by atoms with E-state index >= 15 is 0 Å². The lowest BCUT2D eigenvalue weighted by molar-refractivity contribution is -0.142. The summed E-state index contributed by atoms with van der Waals surface area (Å²) in [7, 11) is -3.31. The van der Waals surface area contributed by atoms with E-state index in [1.165, 1.54) is 23.5 Å². The van der Waals surface area contributed by atoms with Gasteiger partial charge in [0.2, 0.25) is 0 Å². The van der Waals surface area contributed by atoms with Gasteiger partial charge in [0.25, 0.3) is 0 Å². The fourth-order valence-corrected chi connectivity index (χ4v) is 4.16. The van der Waals surface area contributed by atoms with Crippen LogP contribution in [0, 0.1) is 0 Å². The topological polar surface area (TPSA) is 114 Å². The van der Waals surface area contributed by atoms with Gasteiger partial charge in [0.1, 0.15) is 0 Å². The fraction of sp³-hybridized carbons (Fsp3) is 0.211. The van der Waals surface area contributed by atoms with Crippen molar-refractivity contribution in [3.63, 3.8) is 0 Å². The maximum Gasteiger partial charge on any atom is 0.325 e. The second-order valence-electron chi connectivity index (χ2n) is 6.18. The molecule has 0 bridgehead atoms. The van der Waals surface area contributed by atoms with E-state index in [1.807, 2.05) is 0 Å². The van der Waals surface area contributed by atoms with Gasteiger partial charge >= 0.3 is 12.0 Å². The monoisotopic (exact) mass is 433 g/mol. The van der Waals surface area contributed by atoms with E-state index in [0.29, 0.717) is 27.6 Å². The molecule has 3 aromatic rings. The van der Waals surface area contributed by atoms with Crippen molar-refractivity contribution >= 4 is 54.2 Å². The number of carbonyl (C=O) groups excluding carboxylic acids is 2. The molecule has 2 amide bonds.